The fourth-order valence-corrected chi connectivity index (χ4v) is 1.91. The third-order valence-corrected chi connectivity index (χ3v) is 2.79. The highest BCUT2D eigenvalue weighted by Crippen LogP contribution is 2.20. The number of pyridine rings is 1. The highest BCUT2D eigenvalue weighted by molar-refractivity contribution is 5.85. The lowest BCUT2D eigenvalue weighted by Gasteiger charge is -2.13. The van der Waals surface area contributed by atoms with Crippen molar-refractivity contribution in [3.63, 3.8) is 0 Å². The van der Waals surface area contributed by atoms with Gasteiger partial charge in [-0.3, -0.25) is 4.79 Å². The molecule has 2 N–H and O–H groups in total. The molecule has 0 saturated carbocycles. The normalized spacial score (nSPS) is 10.8. The molecule has 20 heavy (non-hydrogen) atoms. The van der Waals surface area contributed by atoms with Crippen LogP contribution in [0, 0.1) is 6.92 Å². The van der Waals surface area contributed by atoms with Crippen LogP contribution in [0.15, 0.2) is 47.4 Å². The summed E-state index contributed by atoms with van der Waals surface area (Å²) in [6.45, 7) is 1.82. The summed E-state index contributed by atoms with van der Waals surface area (Å²) in [7, 11) is 0. The molecule has 0 radical (unpaired) electrons. The number of aliphatic carboxylic acids is 1. The second kappa shape index (κ2) is 5.44. The molecule has 2 rings (SSSR count). The Morgan fingerprint density at radius 3 is 2.65 bits per heavy atom. The zero-order chi connectivity index (χ0) is 14.7. The maximum atomic E-state index is 11.4. The van der Waals surface area contributed by atoms with Gasteiger partial charge in [0.05, 0.1) is 0 Å². The van der Waals surface area contributed by atoms with Crippen molar-refractivity contribution in [3.8, 4) is 11.4 Å². The summed E-state index contributed by atoms with van der Waals surface area (Å²) in [5.41, 5.74) is 1.81. The van der Waals surface area contributed by atoms with Crippen LogP contribution in [-0.2, 0) is 4.79 Å². The van der Waals surface area contributed by atoms with Gasteiger partial charge in [0.15, 0.2) is 5.43 Å². The number of nitrogens with zero attached hydrogens (tertiary/aromatic N) is 1. The molecule has 0 unspecified atom stereocenters. The zero-order valence-corrected chi connectivity index (χ0v) is 10.8. The lowest BCUT2D eigenvalue weighted by molar-refractivity contribution is -0.131. The minimum Gasteiger partial charge on any atom is -0.508 e. The van der Waals surface area contributed by atoms with Gasteiger partial charge in [-0.25, -0.2) is 4.79 Å². The summed E-state index contributed by atoms with van der Waals surface area (Å²) in [6, 6.07) is 7.58. The Kier molecular flexibility index (Phi) is 3.70. The van der Waals surface area contributed by atoms with E-state index in [0.29, 0.717) is 5.69 Å². The number of aromatic hydroxyl groups is 1. The Hall–Kier alpha value is -2.82. The number of benzene rings is 1. The van der Waals surface area contributed by atoms with Crippen LogP contribution in [0.1, 0.15) is 11.3 Å². The number of aryl methyl sites for hydroxylation is 1. The molecule has 0 fully saturated rings. The van der Waals surface area contributed by atoms with Crippen LogP contribution >= 0.6 is 0 Å². The first kappa shape index (κ1) is 13.6. The van der Waals surface area contributed by atoms with E-state index in [4.69, 9.17) is 5.11 Å². The first-order valence-corrected chi connectivity index (χ1v) is 5.91. The molecule has 0 aliphatic heterocycles. The van der Waals surface area contributed by atoms with Gasteiger partial charge in [-0.1, -0.05) is 0 Å². The molecular weight excluding hydrogens is 258 g/mol. The second-order valence-corrected chi connectivity index (χ2v) is 4.30. The lowest BCUT2D eigenvalue weighted by Crippen LogP contribution is -2.08. The molecule has 0 amide bonds. The first-order valence-electron chi connectivity index (χ1n) is 5.91. The van der Waals surface area contributed by atoms with Crippen molar-refractivity contribution < 1.29 is 15.0 Å². The van der Waals surface area contributed by atoms with Crippen molar-refractivity contribution in [2.75, 3.05) is 0 Å². The molecule has 5 nitrogen and oxygen atoms in total. The molecule has 1 heterocycles. The van der Waals surface area contributed by atoms with Crippen LogP contribution < -0.4 is 5.43 Å². The Labute approximate surface area is 115 Å². The Morgan fingerprint density at radius 1 is 1.25 bits per heavy atom. The molecule has 0 atom stereocenters. The van der Waals surface area contributed by atoms with E-state index in [1.165, 1.54) is 24.3 Å². The molecule has 1 aromatic heterocycles. The van der Waals surface area contributed by atoms with Gasteiger partial charge in [0.25, 0.3) is 0 Å². The number of carbonyl (C=O) groups is 1. The van der Waals surface area contributed by atoms with Crippen molar-refractivity contribution in [1.29, 1.82) is 0 Å². The number of hydrogen-bond acceptors (Lipinski definition) is 3. The van der Waals surface area contributed by atoms with Crippen LogP contribution in [0.5, 0.6) is 5.75 Å². The Morgan fingerprint density at radius 2 is 2.00 bits per heavy atom. The van der Waals surface area contributed by atoms with Crippen molar-refractivity contribution >= 4 is 12.0 Å². The topological polar surface area (TPSA) is 79.5 Å². The van der Waals surface area contributed by atoms with Gasteiger partial charge >= 0.3 is 5.97 Å². The number of carboxylic acids is 1. The third-order valence-electron chi connectivity index (χ3n) is 2.79. The van der Waals surface area contributed by atoms with Gasteiger partial charge < -0.3 is 14.8 Å². The van der Waals surface area contributed by atoms with Gasteiger partial charge in [-0.05, 0) is 36.8 Å². The monoisotopic (exact) mass is 271 g/mol. The van der Waals surface area contributed by atoms with Crippen LogP contribution in [0.25, 0.3) is 11.8 Å². The molecule has 0 bridgehead atoms. The van der Waals surface area contributed by atoms with E-state index in [0.717, 1.165) is 17.3 Å². The number of phenolic OH excluding ortho intramolecular Hbond substituents is 1. The summed E-state index contributed by atoms with van der Waals surface area (Å²) in [5.74, 6) is -0.940. The average Bonchev–Trinajstić information content (AvgIpc) is 2.37. The van der Waals surface area contributed by atoms with Crippen molar-refractivity contribution in [2.45, 2.75) is 6.92 Å². The van der Waals surface area contributed by atoms with E-state index in [1.807, 2.05) is 6.92 Å². The molecular formula is C15H13NO4. The summed E-state index contributed by atoms with van der Waals surface area (Å²) in [5, 5.41) is 18.1. The summed E-state index contributed by atoms with van der Waals surface area (Å²) < 4.78 is 1.69. The van der Waals surface area contributed by atoms with Crippen molar-refractivity contribution in [3.05, 3.63) is 64.1 Å². The molecule has 102 valence electrons. The number of carboxylic acid groups (broad SMARTS) is 1. The fraction of sp³-hybridized carbons (Fsp3) is 0.0667. The largest absolute Gasteiger partial charge is 0.508 e. The fourth-order valence-electron chi connectivity index (χ4n) is 1.91. The van der Waals surface area contributed by atoms with E-state index >= 15 is 0 Å². The predicted octanol–water partition coefficient (Wildman–Crippen LogP) is 1.95. The summed E-state index contributed by atoms with van der Waals surface area (Å²) >= 11 is 0. The number of phenols is 1. The highest BCUT2D eigenvalue weighted by atomic mass is 16.4. The second-order valence-electron chi connectivity index (χ2n) is 4.30. The minimum absolute atomic E-state index is 0.148. The highest BCUT2D eigenvalue weighted by Gasteiger charge is 2.05. The Balaban J connectivity index is 2.61. The van der Waals surface area contributed by atoms with Crippen LogP contribution in [-0.4, -0.2) is 20.7 Å². The molecule has 2 aromatic rings. The van der Waals surface area contributed by atoms with Crippen LogP contribution in [0.3, 0.4) is 0 Å². The molecule has 0 saturated heterocycles. The van der Waals surface area contributed by atoms with Gasteiger partial charge in [0.2, 0.25) is 0 Å². The number of rotatable bonds is 3. The molecule has 5 heteroatoms. The molecule has 1 aromatic carbocycles. The summed E-state index contributed by atoms with van der Waals surface area (Å²) in [4.78, 5) is 22.0. The van der Waals surface area contributed by atoms with Gasteiger partial charge in [0.1, 0.15) is 5.75 Å². The van der Waals surface area contributed by atoms with Crippen molar-refractivity contribution in [1.82, 2.24) is 4.57 Å². The van der Waals surface area contributed by atoms with Crippen molar-refractivity contribution in [2.24, 2.45) is 0 Å². The van der Waals surface area contributed by atoms with Gasteiger partial charge in [-0.15, -0.1) is 0 Å². The smallest absolute Gasteiger partial charge is 0.328 e. The molecule has 0 aliphatic carbocycles. The van der Waals surface area contributed by atoms with E-state index < -0.39 is 5.97 Å². The molecule has 0 aliphatic rings. The quantitative estimate of drug-likeness (QED) is 0.836. The number of aromatic nitrogens is 1. The van der Waals surface area contributed by atoms with E-state index in [9.17, 15) is 14.7 Å². The number of hydrogen-bond donors (Lipinski definition) is 2. The standard InChI is InChI=1S/C15H13NO4/c1-10-8-12(17)3-4-14(10)16-7-6-13(18)9-11(16)2-5-15(19)20/h2-9,17H,1H3,(H,19,20). The van der Waals surface area contributed by atoms with Gasteiger partial charge in [0, 0.05) is 35.8 Å². The van der Waals surface area contributed by atoms with Crippen LogP contribution in [0.4, 0.5) is 0 Å². The Bertz CT molecular complexity index is 744. The SMILES string of the molecule is Cc1cc(O)ccc1-n1ccc(=O)cc1C=CC(=O)O. The molecule has 0 spiro atoms. The van der Waals surface area contributed by atoms with Crippen LogP contribution in [0.2, 0.25) is 0 Å². The van der Waals surface area contributed by atoms with Gasteiger partial charge in [-0.2, -0.15) is 0 Å². The van der Waals surface area contributed by atoms with E-state index in [2.05, 4.69) is 0 Å². The zero-order valence-electron chi connectivity index (χ0n) is 10.8. The average molecular weight is 271 g/mol. The summed E-state index contributed by atoms with van der Waals surface area (Å²) in [6.07, 6.45) is 3.90. The van der Waals surface area contributed by atoms with E-state index in [1.54, 1.807) is 22.9 Å². The maximum Gasteiger partial charge on any atom is 0.328 e. The third kappa shape index (κ3) is 2.95. The first-order chi connectivity index (χ1) is 9.47. The lowest BCUT2D eigenvalue weighted by atomic mass is 10.1. The van der Waals surface area contributed by atoms with E-state index in [-0.39, 0.29) is 11.2 Å². The maximum absolute atomic E-state index is 11.4. The predicted molar refractivity (Wildman–Crippen MR) is 75.1 cm³/mol. The minimum atomic E-state index is -1.09.